The lowest BCUT2D eigenvalue weighted by molar-refractivity contribution is -0.385. The predicted octanol–water partition coefficient (Wildman–Crippen LogP) is 3.42. The molecule has 0 spiro atoms. The summed E-state index contributed by atoms with van der Waals surface area (Å²) in [7, 11) is -3.99. The molecule has 8 nitrogen and oxygen atoms in total. The summed E-state index contributed by atoms with van der Waals surface area (Å²) in [6.45, 7) is 0. The molecular formula is C20H17N3O5S. The Morgan fingerprint density at radius 2 is 1.83 bits per heavy atom. The number of nitro benzene ring substituents is 1. The summed E-state index contributed by atoms with van der Waals surface area (Å²) in [5.74, 6) is -0.428. The third kappa shape index (κ3) is 2.68. The van der Waals surface area contributed by atoms with Crippen molar-refractivity contribution in [2.24, 2.45) is 4.40 Å². The van der Waals surface area contributed by atoms with Crippen molar-refractivity contribution >= 4 is 32.9 Å². The lowest BCUT2D eigenvalue weighted by atomic mass is 9.82. The number of anilines is 1. The van der Waals surface area contributed by atoms with Crippen LogP contribution in [0.3, 0.4) is 0 Å². The van der Waals surface area contributed by atoms with Gasteiger partial charge < -0.3 is 5.32 Å². The van der Waals surface area contributed by atoms with Crippen molar-refractivity contribution < 1.29 is 18.1 Å². The lowest BCUT2D eigenvalue weighted by Gasteiger charge is -2.25. The number of nitro groups is 1. The summed E-state index contributed by atoms with van der Waals surface area (Å²) in [6.07, 6.45) is 5.29. The lowest BCUT2D eigenvalue weighted by Crippen LogP contribution is -2.25. The van der Waals surface area contributed by atoms with E-state index in [4.69, 9.17) is 0 Å². The van der Waals surface area contributed by atoms with E-state index in [1.54, 1.807) is 6.07 Å². The Bertz CT molecular complexity index is 1230. The highest BCUT2D eigenvalue weighted by atomic mass is 32.2. The van der Waals surface area contributed by atoms with Crippen LogP contribution < -0.4 is 5.32 Å². The molecular weight excluding hydrogens is 394 g/mol. The number of carbonyl (C=O) groups excluding carboxylic acids is 1. The average molecular weight is 411 g/mol. The van der Waals surface area contributed by atoms with Crippen molar-refractivity contribution in [1.29, 1.82) is 0 Å². The van der Waals surface area contributed by atoms with Crippen LogP contribution in [0.1, 0.15) is 59.2 Å². The first-order valence-electron chi connectivity index (χ1n) is 9.49. The Labute approximate surface area is 166 Å². The van der Waals surface area contributed by atoms with Gasteiger partial charge in [-0.25, -0.2) is 0 Å². The fourth-order valence-corrected chi connectivity index (χ4v) is 5.71. The second kappa shape index (κ2) is 6.21. The number of hydrogen-bond acceptors (Lipinski definition) is 6. The van der Waals surface area contributed by atoms with Crippen LogP contribution in [0, 0.1) is 10.1 Å². The molecule has 2 aliphatic carbocycles. The molecule has 0 aromatic heterocycles. The molecule has 2 aromatic carbocycles. The molecule has 0 saturated heterocycles. The van der Waals surface area contributed by atoms with Gasteiger partial charge in [0.1, 0.15) is 5.71 Å². The number of benzene rings is 2. The molecule has 0 atom stereocenters. The van der Waals surface area contributed by atoms with Gasteiger partial charge in [0.25, 0.3) is 15.7 Å². The van der Waals surface area contributed by atoms with Crippen LogP contribution in [0.25, 0.3) is 0 Å². The first-order chi connectivity index (χ1) is 13.9. The normalized spacial score (nSPS) is 19.3. The van der Waals surface area contributed by atoms with Crippen LogP contribution in [-0.2, 0) is 10.0 Å². The standard InChI is InChI=1S/C20H17N3O5S/c24-20-13-7-4-8-16-18(13)19(22-29(16,27)28)17-14(20)9-12(10-15(17)23(25)26)21-11-5-2-1-3-6-11/h4,7-11,21H,1-3,5-6H2. The number of carbonyl (C=O) groups is 1. The monoisotopic (exact) mass is 411 g/mol. The Hall–Kier alpha value is -3.07. The van der Waals surface area contributed by atoms with E-state index in [0.717, 1.165) is 25.7 Å². The van der Waals surface area contributed by atoms with Gasteiger partial charge in [0, 0.05) is 34.5 Å². The maximum Gasteiger partial charge on any atom is 0.283 e. The first-order valence-corrected chi connectivity index (χ1v) is 10.9. The van der Waals surface area contributed by atoms with Gasteiger partial charge in [-0.2, -0.15) is 12.8 Å². The zero-order chi connectivity index (χ0) is 20.3. The fourth-order valence-electron chi connectivity index (χ4n) is 4.47. The van der Waals surface area contributed by atoms with Gasteiger partial charge in [-0.05, 0) is 25.0 Å². The molecule has 148 valence electrons. The molecule has 0 bridgehead atoms. The Morgan fingerprint density at radius 3 is 2.55 bits per heavy atom. The molecule has 0 amide bonds. The summed E-state index contributed by atoms with van der Waals surface area (Å²) in [5, 5.41) is 15.2. The average Bonchev–Trinajstić information content (AvgIpc) is 2.98. The van der Waals surface area contributed by atoms with E-state index in [-0.39, 0.29) is 44.6 Å². The first kappa shape index (κ1) is 18.0. The van der Waals surface area contributed by atoms with E-state index in [9.17, 15) is 23.3 Å². The quantitative estimate of drug-likeness (QED) is 0.521. The van der Waals surface area contributed by atoms with E-state index in [0.29, 0.717) is 5.69 Å². The van der Waals surface area contributed by atoms with Crippen LogP contribution in [0.4, 0.5) is 11.4 Å². The molecule has 2 aromatic rings. The molecule has 1 fully saturated rings. The summed E-state index contributed by atoms with van der Waals surface area (Å²) in [5.41, 5.74) is 0.636. The van der Waals surface area contributed by atoms with Crippen LogP contribution >= 0.6 is 0 Å². The minimum atomic E-state index is -3.99. The number of nitrogens with zero attached hydrogens (tertiary/aromatic N) is 2. The van der Waals surface area contributed by atoms with Crippen molar-refractivity contribution in [3.63, 3.8) is 0 Å². The summed E-state index contributed by atoms with van der Waals surface area (Å²) >= 11 is 0. The van der Waals surface area contributed by atoms with Gasteiger partial charge in [0.05, 0.1) is 15.4 Å². The van der Waals surface area contributed by atoms with E-state index in [2.05, 4.69) is 9.71 Å². The largest absolute Gasteiger partial charge is 0.382 e. The molecule has 0 unspecified atom stereocenters. The van der Waals surface area contributed by atoms with Crippen molar-refractivity contribution in [2.75, 3.05) is 5.32 Å². The van der Waals surface area contributed by atoms with E-state index >= 15 is 0 Å². The highest BCUT2D eigenvalue weighted by Crippen LogP contribution is 2.42. The summed E-state index contributed by atoms with van der Waals surface area (Å²) < 4.78 is 28.7. The number of nitrogens with one attached hydrogen (secondary N) is 1. The van der Waals surface area contributed by atoms with Crippen LogP contribution in [0.5, 0.6) is 0 Å². The molecule has 1 aliphatic heterocycles. The second-order valence-corrected chi connectivity index (χ2v) is 9.15. The van der Waals surface area contributed by atoms with Crippen molar-refractivity contribution in [3.05, 3.63) is 62.7 Å². The van der Waals surface area contributed by atoms with Gasteiger partial charge in [-0.3, -0.25) is 14.9 Å². The van der Waals surface area contributed by atoms with E-state index < -0.39 is 20.7 Å². The zero-order valence-electron chi connectivity index (χ0n) is 15.3. The molecule has 1 saturated carbocycles. The Morgan fingerprint density at radius 1 is 1.07 bits per heavy atom. The van der Waals surface area contributed by atoms with E-state index in [1.807, 2.05) is 0 Å². The van der Waals surface area contributed by atoms with Gasteiger partial charge in [0.2, 0.25) is 0 Å². The van der Waals surface area contributed by atoms with Gasteiger partial charge >= 0.3 is 0 Å². The highest BCUT2D eigenvalue weighted by molar-refractivity contribution is 7.90. The van der Waals surface area contributed by atoms with Crippen LogP contribution in [0.2, 0.25) is 0 Å². The number of hydrogen-bond donors (Lipinski definition) is 1. The van der Waals surface area contributed by atoms with Crippen molar-refractivity contribution in [1.82, 2.24) is 0 Å². The molecule has 3 aliphatic rings. The van der Waals surface area contributed by atoms with Crippen molar-refractivity contribution in [3.8, 4) is 0 Å². The zero-order valence-corrected chi connectivity index (χ0v) is 16.2. The fraction of sp³-hybridized carbons (Fsp3) is 0.300. The van der Waals surface area contributed by atoms with E-state index in [1.165, 1.54) is 30.7 Å². The SMILES string of the molecule is O=C1c2cc(NC3CCCCC3)cc([N+](=O)[O-])c2C2=NS(=O)(=O)c3cccc1c32. The number of sulfonamides is 1. The Kier molecular flexibility index (Phi) is 3.86. The minimum Gasteiger partial charge on any atom is -0.382 e. The Balaban J connectivity index is 1.72. The van der Waals surface area contributed by atoms with Gasteiger partial charge in [-0.15, -0.1) is 0 Å². The van der Waals surface area contributed by atoms with Crippen LogP contribution in [0.15, 0.2) is 39.6 Å². The summed E-state index contributed by atoms with van der Waals surface area (Å²) in [6, 6.07) is 7.56. The smallest absolute Gasteiger partial charge is 0.283 e. The van der Waals surface area contributed by atoms with Crippen molar-refractivity contribution in [2.45, 2.75) is 43.0 Å². The number of fused-ring (bicyclic) bond motifs is 2. The number of rotatable bonds is 3. The van der Waals surface area contributed by atoms with Gasteiger partial charge in [0.15, 0.2) is 5.78 Å². The topological polar surface area (TPSA) is 119 Å². The maximum absolute atomic E-state index is 13.2. The second-order valence-electron chi connectivity index (χ2n) is 7.58. The third-order valence-corrected chi connectivity index (χ3v) is 7.09. The predicted molar refractivity (Wildman–Crippen MR) is 106 cm³/mol. The number of ketones is 1. The molecule has 9 heteroatoms. The minimum absolute atomic E-state index is 0.0129. The maximum atomic E-state index is 13.2. The molecule has 0 radical (unpaired) electrons. The molecule has 29 heavy (non-hydrogen) atoms. The van der Waals surface area contributed by atoms with Crippen LogP contribution in [-0.4, -0.2) is 30.9 Å². The molecule has 1 heterocycles. The molecule has 5 rings (SSSR count). The molecule has 1 N–H and O–H groups in total. The summed E-state index contributed by atoms with van der Waals surface area (Å²) in [4.78, 5) is 24.3. The third-order valence-electron chi connectivity index (χ3n) is 5.77. The van der Waals surface area contributed by atoms with Gasteiger partial charge in [-0.1, -0.05) is 31.4 Å². The highest BCUT2D eigenvalue weighted by Gasteiger charge is 2.42.